The number of para-hydroxylation sites is 3. The average Bonchev–Trinajstić information content (AvgIpc) is 2.65. The monoisotopic (exact) mass is 350 g/mol. The Balaban J connectivity index is 1.78. The van der Waals surface area contributed by atoms with Crippen LogP contribution >= 0.6 is 0 Å². The summed E-state index contributed by atoms with van der Waals surface area (Å²) in [6, 6.07) is 20.8. The molecule has 0 saturated heterocycles. The van der Waals surface area contributed by atoms with Crippen molar-refractivity contribution in [2.75, 3.05) is 0 Å². The van der Waals surface area contributed by atoms with Gasteiger partial charge in [-0.25, -0.2) is 9.59 Å². The van der Waals surface area contributed by atoms with Crippen LogP contribution in [0.2, 0.25) is 0 Å². The molecular weight excluding hydrogens is 336 g/mol. The highest BCUT2D eigenvalue weighted by molar-refractivity contribution is 5.95. The molecule has 26 heavy (non-hydrogen) atoms. The van der Waals surface area contributed by atoms with Crippen LogP contribution in [0.3, 0.4) is 0 Å². The van der Waals surface area contributed by atoms with Crippen LogP contribution in [-0.4, -0.2) is 17.2 Å². The Hall–Kier alpha value is -3.80. The van der Waals surface area contributed by atoms with Gasteiger partial charge in [0.2, 0.25) is 0 Å². The molecule has 3 aromatic rings. The van der Waals surface area contributed by atoms with E-state index in [4.69, 9.17) is 14.2 Å². The number of esters is 1. The number of ether oxygens (including phenoxy) is 3. The largest absolute Gasteiger partial charge is 0.519 e. The van der Waals surface area contributed by atoms with Gasteiger partial charge in [0.1, 0.15) is 17.1 Å². The SMILES string of the molecule is O=C(Oc1ccccc1)Oc1c(O)cccc1C(=O)Oc1ccccc1. The zero-order valence-electron chi connectivity index (χ0n) is 13.5. The first-order valence-electron chi connectivity index (χ1n) is 7.67. The minimum absolute atomic E-state index is 0.112. The second kappa shape index (κ2) is 7.85. The topological polar surface area (TPSA) is 82.1 Å². The molecule has 1 N–H and O–H groups in total. The van der Waals surface area contributed by atoms with E-state index in [0.717, 1.165) is 0 Å². The van der Waals surface area contributed by atoms with Gasteiger partial charge in [-0.05, 0) is 36.4 Å². The van der Waals surface area contributed by atoms with Crippen molar-refractivity contribution in [3.05, 3.63) is 84.4 Å². The van der Waals surface area contributed by atoms with Gasteiger partial charge in [0.25, 0.3) is 0 Å². The first-order chi connectivity index (χ1) is 12.6. The highest BCUT2D eigenvalue weighted by atomic mass is 16.7. The van der Waals surface area contributed by atoms with Crippen molar-refractivity contribution in [1.82, 2.24) is 0 Å². The predicted octanol–water partition coefficient (Wildman–Crippen LogP) is 4.19. The quantitative estimate of drug-likeness (QED) is 0.432. The van der Waals surface area contributed by atoms with Crippen LogP contribution in [0.25, 0.3) is 0 Å². The van der Waals surface area contributed by atoms with Gasteiger partial charge in [0.05, 0.1) is 0 Å². The Bertz CT molecular complexity index is 906. The molecule has 3 aromatic carbocycles. The molecule has 0 radical (unpaired) electrons. The molecule has 130 valence electrons. The van der Waals surface area contributed by atoms with Crippen molar-refractivity contribution in [2.24, 2.45) is 0 Å². The molecule has 0 heterocycles. The number of phenols is 1. The van der Waals surface area contributed by atoms with Crippen molar-refractivity contribution in [1.29, 1.82) is 0 Å². The van der Waals surface area contributed by atoms with E-state index in [2.05, 4.69) is 0 Å². The fraction of sp³-hybridized carbons (Fsp3) is 0. The highest BCUT2D eigenvalue weighted by Gasteiger charge is 2.21. The highest BCUT2D eigenvalue weighted by Crippen LogP contribution is 2.31. The summed E-state index contributed by atoms with van der Waals surface area (Å²) >= 11 is 0. The molecule has 0 bridgehead atoms. The first kappa shape index (κ1) is 17.0. The van der Waals surface area contributed by atoms with Gasteiger partial charge in [-0.2, -0.15) is 0 Å². The average molecular weight is 350 g/mol. The fourth-order valence-electron chi connectivity index (χ4n) is 2.13. The summed E-state index contributed by atoms with van der Waals surface area (Å²) in [5.41, 5.74) is -0.112. The Kier molecular flexibility index (Phi) is 5.14. The number of phenolic OH excluding ortho intramolecular Hbond substituents is 1. The fourth-order valence-corrected chi connectivity index (χ4v) is 2.13. The lowest BCUT2D eigenvalue weighted by molar-refractivity contribution is 0.0730. The van der Waals surface area contributed by atoms with Crippen LogP contribution in [0.15, 0.2) is 78.9 Å². The standard InChI is InChI=1S/C20H14O6/c21-17-13-7-12-16(19(22)24-14-8-3-1-4-9-14)18(17)26-20(23)25-15-10-5-2-6-11-15/h1-13,21H. The van der Waals surface area contributed by atoms with Gasteiger partial charge < -0.3 is 19.3 Å². The third-order valence-electron chi connectivity index (χ3n) is 3.30. The molecule has 0 saturated carbocycles. The van der Waals surface area contributed by atoms with Gasteiger partial charge >= 0.3 is 12.1 Å². The van der Waals surface area contributed by atoms with Crippen LogP contribution < -0.4 is 14.2 Å². The second-order valence-electron chi connectivity index (χ2n) is 5.12. The van der Waals surface area contributed by atoms with Crippen molar-refractivity contribution < 1.29 is 28.9 Å². The molecule has 0 spiro atoms. The van der Waals surface area contributed by atoms with E-state index in [1.807, 2.05) is 0 Å². The van der Waals surface area contributed by atoms with Crippen molar-refractivity contribution in [3.8, 4) is 23.0 Å². The molecule has 0 fully saturated rings. The van der Waals surface area contributed by atoms with Gasteiger partial charge in [-0.3, -0.25) is 0 Å². The molecule has 6 heteroatoms. The number of carbonyl (C=O) groups excluding carboxylic acids is 2. The zero-order valence-corrected chi connectivity index (χ0v) is 13.5. The molecule has 0 amide bonds. The van der Waals surface area contributed by atoms with Crippen LogP contribution in [0.5, 0.6) is 23.0 Å². The summed E-state index contributed by atoms with van der Waals surface area (Å²) in [7, 11) is 0. The number of hydrogen-bond donors (Lipinski definition) is 1. The third-order valence-corrected chi connectivity index (χ3v) is 3.30. The molecule has 0 atom stereocenters. The van der Waals surface area contributed by atoms with Crippen LogP contribution in [0, 0.1) is 0 Å². The number of aromatic hydroxyl groups is 1. The van der Waals surface area contributed by atoms with Crippen molar-refractivity contribution in [3.63, 3.8) is 0 Å². The van der Waals surface area contributed by atoms with E-state index < -0.39 is 17.9 Å². The van der Waals surface area contributed by atoms with E-state index in [0.29, 0.717) is 5.75 Å². The molecule has 0 aromatic heterocycles. The lowest BCUT2D eigenvalue weighted by Gasteiger charge is -2.11. The maximum atomic E-state index is 12.4. The van der Waals surface area contributed by atoms with Crippen molar-refractivity contribution in [2.45, 2.75) is 0 Å². The van der Waals surface area contributed by atoms with Gasteiger partial charge in [0.15, 0.2) is 11.5 Å². The van der Waals surface area contributed by atoms with E-state index in [9.17, 15) is 14.7 Å². The summed E-state index contributed by atoms with van der Waals surface area (Å²) in [5, 5.41) is 9.98. The smallest absolute Gasteiger partial charge is 0.504 e. The third kappa shape index (κ3) is 4.18. The Morgan fingerprint density at radius 2 is 1.23 bits per heavy atom. The summed E-state index contributed by atoms with van der Waals surface area (Å²) in [6.45, 7) is 0. The van der Waals surface area contributed by atoms with Crippen LogP contribution in [0.4, 0.5) is 4.79 Å². The normalized spacial score (nSPS) is 10.0. The Labute approximate surface area is 149 Å². The van der Waals surface area contributed by atoms with Crippen molar-refractivity contribution >= 4 is 12.1 Å². The zero-order chi connectivity index (χ0) is 18.4. The van der Waals surface area contributed by atoms with E-state index in [1.165, 1.54) is 18.2 Å². The lowest BCUT2D eigenvalue weighted by Crippen LogP contribution is -2.17. The summed E-state index contributed by atoms with van der Waals surface area (Å²) in [5.74, 6) is -0.929. The van der Waals surface area contributed by atoms with Gasteiger partial charge in [0, 0.05) is 0 Å². The summed E-state index contributed by atoms with van der Waals surface area (Å²) in [6.07, 6.45) is -1.09. The van der Waals surface area contributed by atoms with Gasteiger partial charge in [-0.15, -0.1) is 0 Å². The predicted molar refractivity (Wildman–Crippen MR) is 92.6 cm³/mol. The summed E-state index contributed by atoms with van der Waals surface area (Å²) in [4.78, 5) is 24.3. The number of hydrogen-bond acceptors (Lipinski definition) is 6. The second-order valence-corrected chi connectivity index (χ2v) is 5.12. The first-order valence-corrected chi connectivity index (χ1v) is 7.67. The molecular formula is C20H14O6. The molecule has 0 aliphatic rings. The minimum atomic E-state index is -1.09. The Morgan fingerprint density at radius 3 is 1.85 bits per heavy atom. The summed E-state index contributed by atoms with van der Waals surface area (Å²) < 4.78 is 15.2. The van der Waals surface area contributed by atoms with E-state index in [1.54, 1.807) is 60.7 Å². The number of carbonyl (C=O) groups is 2. The van der Waals surface area contributed by atoms with Crippen LogP contribution in [-0.2, 0) is 0 Å². The van der Waals surface area contributed by atoms with Gasteiger partial charge in [-0.1, -0.05) is 42.5 Å². The molecule has 6 nitrogen and oxygen atoms in total. The Morgan fingerprint density at radius 1 is 0.654 bits per heavy atom. The maximum Gasteiger partial charge on any atom is 0.519 e. The molecule has 0 unspecified atom stereocenters. The van der Waals surface area contributed by atoms with E-state index in [-0.39, 0.29) is 17.1 Å². The molecule has 0 aliphatic heterocycles. The van der Waals surface area contributed by atoms with Crippen LogP contribution in [0.1, 0.15) is 10.4 Å². The molecule has 3 rings (SSSR count). The molecule has 0 aliphatic carbocycles. The number of benzene rings is 3. The maximum absolute atomic E-state index is 12.4. The lowest BCUT2D eigenvalue weighted by atomic mass is 10.2. The minimum Gasteiger partial charge on any atom is -0.504 e. The number of rotatable bonds is 4. The van der Waals surface area contributed by atoms with E-state index >= 15 is 0 Å².